The average Bonchev–Trinajstić information content (AvgIpc) is 2.70. The van der Waals surface area contributed by atoms with E-state index in [1.54, 1.807) is 10.9 Å². The van der Waals surface area contributed by atoms with Crippen LogP contribution in [0.1, 0.15) is 35.8 Å². The molecule has 1 fully saturated rings. The fourth-order valence-electron chi connectivity index (χ4n) is 1.87. The second-order valence-corrected chi connectivity index (χ2v) is 3.96. The van der Waals surface area contributed by atoms with Gasteiger partial charge in [-0.15, -0.1) is 0 Å². The molecule has 16 heavy (non-hydrogen) atoms. The molecule has 0 aromatic carbocycles. The van der Waals surface area contributed by atoms with Gasteiger partial charge in [-0.25, -0.2) is 5.06 Å². The Morgan fingerprint density at radius 2 is 2.38 bits per heavy atom. The molecule has 88 valence electrons. The van der Waals surface area contributed by atoms with E-state index in [0.29, 0.717) is 18.7 Å². The number of hydrogen-bond donors (Lipinski definition) is 0. The van der Waals surface area contributed by atoms with E-state index >= 15 is 0 Å². The third-order valence-corrected chi connectivity index (χ3v) is 2.70. The highest BCUT2D eigenvalue weighted by Crippen LogP contribution is 2.14. The van der Waals surface area contributed by atoms with Crippen LogP contribution in [-0.4, -0.2) is 33.9 Å². The molecule has 2 heterocycles. The van der Waals surface area contributed by atoms with Gasteiger partial charge < -0.3 is 0 Å². The minimum Gasteiger partial charge on any atom is -0.275 e. The van der Waals surface area contributed by atoms with Gasteiger partial charge in [0, 0.05) is 19.8 Å². The lowest BCUT2D eigenvalue weighted by Crippen LogP contribution is -2.36. The number of rotatable bonds is 2. The Morgan fingerprint density at radius 1 is 1.56 bits per heavy atom. The van der Waals surface area contributed by atoms with E-state index in [1.165, 1.54) is 5.06 Å². The summed E-state index contributed by atoms with van der Waals surface area (Å²) in [6, 6.07) is 0. The van der Waals surface area contributed by atoms with Crippen LogP contribution in [0.3, 0.4) is 0 Å². The Morgan fingerprint density at radius 3 is 3.00 bits per heavy atom. The molecule has 0 bridgehead atoms. The number of aryl methyl sites for hydroxylation is 2. The van der Waals surface area contributed by atoms with Gasteiger partial charge in [0.25, 0.3) is 5.91 Å². The van der Waals surface area contributed by atoms with Crippen LogP contribution < -0.4 is 0 Å². The van der Waals surface area contributed by atoms with Gasteiger partial charge in [-0.1, -0.05) is 6.92 Å². The maximum atomic E-state index is 12.1. The first-order valence-corrected chi connectivity index (χ1v) is 5.69. The minimum absolute atomic E-state index is 0.0651. The van der Waals surface area contributed by atoms with Crippen molar-refractivity contribution >= 4 is 5.91 Å². The second-order valence-electron chi connectivity index (χ2n) is 3.96. The molecule has 1 aliphatic rings. The highest BCUT2D eigenvalue weighted by molar-refractivity contribution is 5.94. The molecule has 5 heteroatoms. The van der Waals surface area contributed by atoms with Crippen LogP contribution >= 0.6 is 0 Å². The zero-order valence-corrected chi connectivity index (χ0v) is 9.77. The van der Waals surface area contributed by atoms with E-state index in [4.69, 9.17) is 4.84 Å². The van der Waals surface area contributed by atoms with Gasteiger partial charge in [0.05, 0.1) is 17.9 Å². The Labute approximate surface area is 94.9 Å². The fourth-order valence-corrected chi connectivity index (χ4v) is 1.87. The predicted octanol–water partition coefficient (Wildman–Crippen LogP) is 1.15. The molecule has 0 N–H and O–H groups in total. The average molecular weight is 223 g/mol. The van der Waals surface area contributed by atoms with Crippen molar-refractivity contribution in [2.45, 2.75) is 26.2 Å². The van der Waals surface area contributed by atoms with Gasteiger partial charge in [0.2, 0.25) is 0 Å². The summed E-state index contributed by atoms with van der Waals surface area (Å²) in [5, 5.41) is 5.72. The number of hydrogen-bond acceptors (Lipinski definition) is 3. The molecule has 1 aromatic rings. The Balaban J connectivity index is 2.18. The molecule has 1 aliphatic heterocycles. The van der Waals surface area contributed by atoms with E-state index < -0.39 is 0 Å². The summed E-state index contributed by atoms with van der Waals surface area (Å²) < 4.78 is 1.68. The SMILES string of the molecule is CCc1nn(C)cc1C(=O)N1CCCCO1. The summed E-state index contributed by atoms with van der Waals surface area (Å²) in [4.78, 5) is 17.5. The second kappa shape index (κ2) is 4.65. The van der Waals surface area contributed by atoms with Crippen molar-refractivity contribution in [3.05, 3.63) is 17.5 Å². The van der Waals surface area contributed by atoms with Gasteiger partial charge >= 0.3 is 0 Å². The lowest BCUT2D eigenvalue weighted by atomic mass is 10.2. The molecule has 2 rings (SSSR count). The first-order chi connectivity index (χ1) is 7.72. The summed E-state index contributed by atoms with van der Waals surface area (Å²) in [5.74, 6) is -0.0651. The van der Waals surface area contributed by atoms with Crippen molar-refractivity contribution in [3.63, 3.8) is 0 Å². The predicted molar refractivity (Wildman–Crippen MR) is 58.8 cm³/mol. The van der Waals surface area contributed by atoms with Crippen LogP contribution in [0.25, 0.3) is 0 Å². The molecular formula is C11H17N3O2. The number of amides is 1. The third-order valence-electron chi connectivity index (χ3n) is 2.70. The van der Waals surface area contributed by atoms with Crippen molar-refractivity contribution in [1.82, 2.24) is 14.8 Å². The van der Waals surface area contributed by atoms with Gasteiger partial charge in [0.15, 0.2) is 0 Å². The Bertz CT molecular complexity index is 381. The number of hydroxylamine groups is 2. The van der Waals surface area contributed by atoms with Gasteiger partial charge in [-0.05, 0) is 19.3 Å². The molecule has 5 nitrogen and oxygen atoms in total. The molecule has 0 radical (unpaired) electrons. The first-order valence-electron chi connectivity index (χ1n) is 5.69. The molecule has 1 aromatic heterocycles. The number of nitrogens with zero attached hydrogens (tertiary/aromatic N) is 3. The van der Waals surface area contributed by atoms with E-state index in [-0.39, 0.29) is 5.91 Å². The van der Waals surface area contributed by atoms with E-state index in [9.17, 15) is 4.79 Å². The molecule has 1 amide bonds. The zero-order chi connectivity index (χ0) is 11.5. The van der Waals surface area contributed by atoms with Gasteiger partial charge in [-0.2, -0.15) is 5.10 Å². The van der Waals surface area contributed by atoms with Crippen LogP contribution in [0.15, 0.2) is 6.20 Å². The van der Waals surface area contributed by atoms with Crippen LogP contribution in [0, 0.1) is 0 Å². The molecule has 0 aliphatic carbocycles. The topological polar surface area (TPSA) is 47.4 Å². The summed E-state index contributed by atoms with van der Waals surface area (Å²) in [5.41, 5.74) is 1.49. The molecule has 0 atom stereocenters. The fraction of sp³-hybridized carbons (Fsp3) is 0.636. The van der Waals surface area contributed by atoms with Crippen LogP contribution in [-0.2, 0) is 18.3 Å². The Hall–Kier alpha value is -1.36. The molecule has 1 saturated heterocycles. The lowest BCUT2D eigenvalue weighted by molar-refractivity contribution is -0.144. The number of aromatic nitrogens is 2. The van der Waals surface area contributed by atoms with Crippen molar-refractivity contribution in [1.29, 1.82) is 0 Å². The molecule has 0 unspecified atom stereocenters. The smallest absolute Gasteiger partial charge is 0.275 e. The minimum atomic E-state index is -0.0651. The standard InChI is InChI=1S/C11H17N3O2/c1-3-10-9(8-13(2)12-10)11(15)14-6-4-5-7-16-14/h8H,3-7H2,1-2H3. The summed E-state index contributed by atoms with van der Waals surface area (Å²) in [6.07, 6.45) is 4.56. The van der Waals surface area contributed by atoms with E-state index in [2.05, 4.69) is 5.10 Å². The van der Waals surface area contributed by atoms with Crippen LogP contribution in [0.2, 0.25) is 0 Å². The third kappa shape index (κ3) is 2.09. The van der Waals surface area contributed by atoms with Crippen LogP contribution in [0.5, 0.6) is 0 Å². The highest BCUT2D eigenvalue weighted by Gasteiger charge is 2.23. The van der Waals surface area contributed by atoms with E-state index in [0.717, 1.165) is 25.0 Å². The van der Waals surface area contributed by atoms with Crippen molar-refractivity contribution in [3.8, 4) is 0 Å². The molecule has 0 saturated carbocycles. The lowest BCUT2D eigenvalue weighted by Gasteiger charge is -2.25. The molecular weight excluding hydrogens is 206 g/mol. The number of carbonyl (C=O) groups excluding carboxylic acids is 1. The zero-order valence-electron chi connectivity index (χ0n) is 9.77. The van der Waals surface area contributed by atoms with E-state index in [1.807, 2.05) is 14.0 Å². The van der Waals surface area contributed by atoms with Gasteiger partial charge in [-0.3, -0.25) is 14.3 Å². The summed E-state index contributed by atoms with van der Waals surface area (Å²) in [6.45, 7) is 3.31. The summed E-state index contributed by atoms with van der Waals surface area (Å²) in [7, 11) is 1.83. The summed E-state index contributed by atoms with van der Waals surface area (Å²) >= 11 is 0. The quantitative estimate of drug-likeness (QED) is 0.755. The maximum absolute atomic E-state index is 12.1. The monoisotopic (exact) mass is 223 g/mol. The van der Waals surface area contributed by atoms with Crippen LogP contribution in [0.4, 0.5) is 0 Å². The van der Waals surface area contributed by atoms with Crippen molar-refractivity contribution < 1.29 is 9.63 Å². The van der Waals surface area contributed by atoms with Gasteiger partial charge in [0.1, 0.15) is 0 Å². The maximum Gasteiger partial charge on any atom is 0.280 e. The largest absolute Gasteiger partial charge is 0.280 e. The number of carbonyl (C=O) groups is 1. The normalized spacial score (nSPS) is 16.5. The van der Waals surface area contributed by atoms with Crippen molar-refractivity contribution in [2.24, 2.45) is 7.05 Å². The van der Waals surface area contributed by atoms with Crippen molar-refractivity contribution in [2.75, 3.05) is 13.2 Å². The molecule has 0 spiro atoms. The first kappa shape index (κ1) is 11.1. The highest BCUT2D eigenvalue weighted by atomic mass is 16.7. The Kier molecular flexibility index (Phi) is 3.24.